The highest BCUT2D eigenvalue weighted by atomic mass is 79.9. The highest BCUT2D eigenvalue weighted by Crippen LogP contribution is 2.17. The summed E-state index contributed by atoms with van der Waals surface area (Å²) in [6, 6.07) is 18.2. The summed E-state index contributed by atoms with van der Waals surface area (Å²) in [5, 5.41) is 5.64. The number of amides is 2. The van der Waals surface area contributed by atoms with Gasteiger partial charge in [-0.2, -0.15) is 0 Å². The van der Waals surface area contributed by atoms with Gasteiger partial charge < -0.3 is 10.6 Å². The average molecular weight is 410 g/mol. The van der Waals surface area contributed by atoms with Gasteiger partial charge in [0, 0.05) is 23.4 Å². The van der Waals surface area contributed by atoms with E-state index in [1.807, 2.05) is 30.3 Å². The molecule has 0 unspecified atom stereocenters. The van der Waals surface area contributed by atoms with Gasteiger partial charge in [0.05, 0.1) is 16.8 Å². The number of hydrogen-bond acceptors (Lipinski definition) is 3. The molecule has 3 rings (SSSR count). The maximum absolute atomic E-state index is 12.5. The summed E-state index contributed by atoms with van der Waals surface area (Å²) in [6.45, 7) is 0.414. The fourth-order valence-corrected chi connectivity index (χ4v) is 2.76. The molecule has 0 aliphatic rings. The SMILES string of the molecule is O=C(Nc1ccccc1C(=O)NCc1ccccc1)c1cncc(Br)c1. The van der Waals surface area contributed by atoms with Crippen LogP contribution in [0.1, 0.15) is 26.3 Å². The van der Waals surface area contributed by atoms with Gasteiger partial charge >= 0.3 is 0 Å². The van der Waals surface area contributed by atoms with Crippen LogP contribution < -0.4 is 10.6 Å². The summed E-state index contributed by atoms with van der Waals surface area (Å²) >= 11 is 3.29. The number of benzene rings is 2. The molecule has 3 aromatic rings. The lowest BCUT2D eigenvalue weighted by Crippen LogP contribution is -2.24. The minimum Gasteiger partial charge on any atom is -0.348 e. The molecule has 1 heterocycles. The molecule has 0 radical (unpaired) electrons. The Labute approximate surface area is 159 Å². The third-order valence-corrected chi connectivity index (χ3v) is 4.12. The van der Waals surface area contributed by atoms with E-state index < -0.39 is 0 Å². The van der Waals surface area contributed by atoms with Crippen molar-refractivity contribution in [3.63, 3.8) is 0 Å². The van der Waals surface area contributed by atoms with E-state index in [9.17, 15) is 9.59 Å². The monoisotopic (exact) mass is 409 g/mol. The predicted octanol–water partition coefficient (Wildman–Crippen LogP) is 4.03. The Kier molecular flexibility index (Phi) is 5.76. The molecule has 0 bridgehead atoms. The Hall–Kier alpha value is -2.99. The van der Waals surface area contributed by atoms with Crippen LogP contribution in [0.3, 0.4) is 0 Å². The molecule has 0 saturated heterocycles. The van der Waals surface area contributed by atoms with Crippen LogP contribution in [0.4, 0.5) is 5.69 Å². The summed E-state index contributed by atoms with van der Waals surface area (Å²) < 4.78 is 0.707. The number of para-hydroxylation sites is 1. The van der Waals surface area contributed by atoms with E-state index in [-0.39, 0.29) is 11.8 Å². The van der Waals surface area contributed by atoms with Crippen molar-refractivity contribution in [1.82, 2.24) is 10.3 Å². The van der Waals surface area contributed by atoms with Gasteiger partial charge in [0.25, 0.3) is 11.8 Å². The molecule has 2 aromatic carbocycles. The number of anilines is 1. The second-order valence-corrected chi connectivity index (χ2v) is 6.48. The standard InChI is InChI=1S/C20H16BrN3O2/c21-16-10-15(12-22-13-16)19(25)24-18-9-5-4-8-17(18)20(26)23-11-14-6-2-1-3-7-14/h1-10,12-13H,11H2,(H,23,26)(H,24,25). The third-order valence-electron chi connectivity index (χ3n) is 3.68. The molecule has 0 saturated carbocycles. The summed E-state index contributed by atoms with van der Waals surface area (Å²) in [6.07, 6.45) is 3.07. The highest BCUT2D eigenvalue weighted by molar-refractivity contribution is 9.10. The number of pyridine rings is 1. The first-order valence-electron chi connectivity index (χ1n) is 7.96. The van der Waals surface area contributed by atoms with Crippen molar-refractivity contribution >= 4 is 33.4 Å². The Morgan fingerprint density at radius 2 is 1.65 bits per heavy atom. The maximum Gasteiger partial charge on any atom is 0.257 e. The molecule has 0 fully saturated rings. The molecule has 5 nitrogen and oxygen atoms in total. The smallest absolute Gasteiger partial charge is 0.257 e. The van der Waals surface area contributed by atoms with Crippen LogP contribution in [0.15, 0.2) is 77.5 Å². The number of halogens is 1. The fraction of sp³-hybridized carbons (Fsp3) is 0.0500. The number of hydrogen-bond donors (Lipinski definition) is 2. The van der Waals surface area contributed by atoms with Crippen LogP contribution in [0.25, 0.3) is 0 Å². The Bertz CT molecular complexity index is 929. The van der Waals surface area contributed by atoms with Crippen molar-refractivity contribution < 1.29 is 9.59 Å². The van der Waals surface area contributed by atoms with Gasteiger partial charge in [0.2, 0.25) is 0 Å². The molecule has 0 spiro atoms. The first-order valence-corrected chi connectivity index (χ1v) is 8.76. The first-order chi connectivity index (χ1) is 12.6. The van der Waals surface area contributed by atoms with E-state index >= 15 is 0 Å². The van der Waals surface area contributed by atoms with Crippen LogP contribution in [-0.2, 0) is 6.54 Å². The van der Waals surface area contributed by atoms with Gasteiger partial charge in [-0.1, -0.05) is 42.5 Å². The summed E-state index contributed by atoms with van der Waals surface area (Å²) in [5.74, 6) is -0.584. The lowest BCUT2D eigenvalue weighted by molar-refractivity contribution is 0.0952. The minimum atomic E-state index is -0.331. The molecule has 0 aliphatic carbocycles. The van der Waals surface area contributed by atoms with Gasteiger partial charge in [0.15, 0.2) is 0 Å². The number of rotatable bonds is 5. The van der Waals surface area contributed by atoms with Crippen LogP contribution in [0.5, 0.6) is 0 Å². The van der Waals surface area contributed by atoms with E-state index in [4.69, 9.17) is 0 Å². The predicted molar refractivity (Wildman–Crippen MR) is 104 cm³/mol. The van der Waals surface area contributed by atoms with Crippen molar-refractivity contribution in [2.24, 2.45) is 0 Å². The van der Waals surface area contributed by atoms with Crippen molar-refractivity contribution in [2.45, 2.75) is 6.54 Å². The van der Waals surface area contributed by atoms with Crippen LogP contribution in [-0.4, -0.2) is 16.8 Å². The maximum atomic E-state index is 12.5. The average Bonchev–Trinajstić information content (AvgIpc) is 2.67. The molecular weight excluding hydrogens is 394 g/mol. The largest absolute Gasteiger partial charge is 0.348 e. The van der Waals surface area contributed by atoms with Crippen LogP contribution >= 0.6 is 15.9 Å². The molecule has 0 atom stereocenters. The number of nitrogens with zero attached hydrogens (tertiary/aromatic N) is 1. The zero-order valence-electron chi connectivity index (χ0n) is 13.8. The first kappa shape index (κ1) is 17.8. The second kappa shape index (κ2) is 8.40. The van der Waals surface area contributed by atoms with Gasteiger partial charge in [-0.3, -0.25) is 14.6 Å². The molecular formula is C20H16BrN3O2. The number of aromatic nitrogens is 1. The molecule has 2 amide bonds. The van der Waals surface area contributed by atoms with E-state index in [1.165, 1.54) is 6.20 Å². The lowest BCUT2D eigenvalue weighted by atomic mass is 10.1. The van der Waals surface area contributed by atoms with Gasteiger partial charge in [-0.15, -0.1) is 0 Å². The van der Waals surface area contributed by atoms with Gasteiger partial charge in [0.1, 0.15) is 0 Å². The number of carbonyl (C=O) groups excluding carboxylic acids is 2. The van der Waals surface area contributed by atoms with E-state index in [0.717, 1.165) is 5.56 Å². The summed E-state index contributed by atoms with van der Waals surface area (Å²) in [7, 11) is 0. The lowest BCUT2D eigenvalue weighted by Gasteiger charge is -2.11. The van der Waals surface area contributed by atoms with E-state index in [0.29, 0.717) is 27.8 Å². The van der Waals surface area contributed by atoms with E-state index in [2.05, 4.69) is 31.5 Å². The van der Waals surface area contributed by atoms with Crippen LogP contribution in [0, 0.1) is 0 Å². The highest BCUT2D eigenvalue weighted by Gasteiger charge is 2.14. The Balaban J connectivity index is 1.73. The summed E-state index contributed by atoms with van der Waals surface area (Å²) in [5.41, 5.74) is 2.25. The molecule has 130 valence electrons. The van der Waals surface area contributed by atoms with Gasteiger partial charge in [-0.05, 0) is 39.7 Å². The normalized spacial score (nSPS) is 10.2. The Morgan fingerprint density at radius 3 is 2.42 bits per heavy atom. The number of nitrogens with one attached hydrogen (secondary N) is 2. The van der Waals surface area contributed by atoms with Crippen molar-refractivity contribution in [2.75, 3.05) is 5.32 Å². The molecule has 26 heavy (non-hydrogen) atoms. The number of carbonyl (C=O) groups is 2. The van der Waals surface area contributed by atoms with Crippen LogP contribution in [0.2, 0.25) is 0 Å². The quantitative estimate of drug-likeness (QED) is 0.668. The summed E-state index contributed by atoms with van der Waals surface area (Å²) in [4.78, 5) is 28.9. The minimum absolute atomic E-state index is 0.253. The molecule has 0 aliphatic heterocycles. The van der Waals surface area contributed by atoms with Gasteiger partial charge in [-0.25, -0.2) is 0 Å². The Morgan fingerprint density at radius 1 is 0.923 bits per heavy atom. The molecule has 2 N–H and O–H groups in total. The molecule has 6 heteroatoms. The third kappa shape index (κ3) is 4.55. The van der Waals surface area contributed by atoms with Crippen molar-refractivity contribution in [3.8, 4) is 0 Å². The second-order valence-electron chi connectivity index (χ2n) is 5.56. The zero-order chi connectivity index (χ0) is 18.4. The topological polar surface area (TPSA) is 71.1 Å². The van der Waals surface area contributed by atoms with Crippen molar-refractivity contribution in [3.05, 3.63) is 94.2 Å². The fourth-order valence-electron chi connectivity index (χ4n) is 2.39. The van der Waals surface area contributed by atoms with E-state index in [1.54, 1.807) is 36.5 Å². The molecule has 1 aromatic heterocycles. The van der Waals surface area contributed by atoms with Crippen molar-refractivity contribution in [1.29, 1.82) is 0 Å². The zero-order valence-corrected chi connectivity index (χ0v) is 15.4.